The summed E-state index contributed by atoms with van der Waals surface area (Å²) >= 11 is 1.56. The number of pyridine rings is 1. The Morgan fingerprint density at radius 3 is 2.91 bits per heavy atom. The van der Waals surface area contributed by atoms with Gasteiger partial charge in [0.1, 0.15) is 6.04 Å². The monoisotopic (exact) mass is 327 g/mol. The van der Waals surface area contributed by atoms with E-state index in [1.54, 1.807) is 35.7 Å². The van der Waals surface area contributed by atoms with Crippen molar-refractivity contribution in [2.24, 2.45) is 0 Å². The fraction of sp³-hybridized carbons (Fsp3) is 0.176. The van der Waals surface area contributed by atoms with Gasteiger partial charge in [-0.3, -0.25) is 9.59 Å². The molecule has 1 amide bonds. The molecule has 5 nitrogen and oxygen atoms in total. The maximum absolute atomic E-state index is 12.6. The number of carbonyl (C=O) groups is 1. The first-order chi connectivity index (χ1) is 11.2. The molecule has 0 bridgehead atoms. The number of hydrogen-bond donors (Lipinski definition) is 3. The number of H-pyrrole nitrogens is 1. The van der Waals surface area contributed by atoms with Gasteiger partial charge in [0, 0.05) is 17.3 Å². The Kier molecular flexibility index (Phi) is 4.55. The second-order valence-electron chi connectivity index (χ2n) is 5.15. The number of hydrogen-bond acceptors (Lipinski definition) is 4. The summed E-state index contributed by atoms with van der Waals surface area (Å²) < 4.78 is 0. The minimum atomic E-state index is -0.388. The zero-order valence-corrected chi connectivity index (χ0v) is 13.4. The number of nitrogens with one attached hydrogen (secondary N) is 3. The van der Waals surface area contributed by atoms with Gasteiger partial charge in [-0.05, 0) is 58.6 Å². The van der Waals surface area contributed by atoms with Gasteiger partial charge in [0.05, 0.1) is 0 Å². The topological polar surface area (TPSA) is 74.0 Å². The number of carbonyl (C=O) groups excluding carboxylic acids is 1. The highest BCUT2D eigenvalue weighted by Crippen LogP contribution is 2.20. The van der Waals surface area contributed by atoms with Crippen molar-refractivity contribution in [3.05, 3.63) is 63.2 Å². The van der Waals surface area contributed by atoms with E-state index in [0.717, 1.165) is 10.9 Å². The van der Waals surface area contributed by atoms with E-state index in [2.05, 4.69) is 15.6 Å². The van der Waals surface area contributed by atoms with Gasteiger partial charge < -0.3 is 15.6 Å². The Hall–Kier alpha value is -2.44. The van der Waals surface area contributed by atoms with Gasteiger partial charge in [-0.1, -0.05) is 6.92 Å². The third-order valence-corrected chi connectivity index (χ3v) is 4.29. The molecule has 3 rings (SSSR count). The third kappa shape index (κ3) is 3.33. The van der Waals surface area contributed by atoms with Crippen molar-refractivity contribution >= 4 is 33.7 Å². The van der Waals surface area contributed by atoms with Gasteiger partial charge >= 0.3 is 0 Å². The highest BCUT2D eigenvalue weighted by Gasteiger charge is 2.20. The Morgan fingerprint density at radius 1 is 1.30 bits per heavy atom. The Bertz CT molecular complexity index is 871. The highest BCUT2D eigenvalue weighted by molar-refractivity contribution is 7.08. The van der Waals surface area contributed by atoms with Crippen LogP contribution < -0.4 is 16.2 Å². The van der Waals surface area contributed by atoms with E-state index < -0.39 is 0 Å². The van der Waals surface area contributed by atoms with Crippen molar-refractivity contribution in [1.82, 2.24) is 10.3 Å². The summed E-state index contributed by atoms with van der Waals surface area (Å²) in [5.74, 6) is -0.116. The average Bonchev–Trinajstić information content (AvgIpc) is 3.06. The molecule has 0 aliphatic rings. The van der Waals surface area contributed by atoms with Gasteiger partial charge in [-0.2, -0.15) is 11.3 Å². The summed E-state index contributed by atoms with van der Waals surface area (Å²) in [4.78, 5) is 26.9. The van der Waals surface area contributed by atoms with Crippen molar-refractivity contribution in [1.29, 1.82) is 0 Å². The summed E-state index contributed by atoms with van der Waals surface area (Å²) in [6, 6.07) is 8.63. The van der Waals surface area contributed by atoms with Crippen LogP contribution in [0.2, 0.25) is 0 Å². The molecule has 3 aromatic rings. The molecule has 2 heterocycles. The lowest BCUT2D eigenvalue weighted by Gasteiger charge is -2.16. The van der Waals surface area contributed by atoms with Gasteiger partial charge in [0.15, 0.2) is 0 Å². The summed E-state index contributed by atoms with van der Waals surface area (Å²) in [5.41, 5.74) is 1.49. The zero-order valence-electron chi connectivity index (χ0n) is 12.6. The van der Waals surface area contributed by atoms with Gasteiger partial charge in [0.2, 0.25) is 5.91 Å². The quantitative estimate of drug-likeness (QED) is 0.674. The van der Waals surface area contributed by atoms with E-state index in [0.29, 0.717) is 17.6 Å². The number of anilines is 1. The molecule has 1 atom stereocenters. The Morgan fingerprint density at radius 2 is 2.17 bits per heavy atom. The number of aromatic amines is 1. The molecule has 3 N–H and O–H groups in total. The molecule has 118 valence electrons. The number of thiophene rings is 1. The molecule has 23 heavy (non-hydrogen) atoms. The lowest BCUT2D eigenvalue weighted by molar-refractivity contribution is -0.118. The number of amides is 1. The molecule has 1 unspecified atom stereocenters. The van der Waals surface area contributed by atoms with Gasteiger partial charge in [-0.15, -0.1) is 0 Å². The minimum absolute atomic E-state index is 0.116. The summed E-state index contributed by atoms with van der Waals surface area (Å²) in [5, 5.41) is 11.4. The number of rotatable bonds is 5. The molecule has 6 heteroatoms. The number of likely N-dealkylation sites (N-methyl/N-ethyl adjacent to an activating group) is 1. The van der Waals surface area contributed by atoms with Crippen LogP contribution in [-0.4, -0.2) is 17.4 Å². The van der Waals surface area contributed by atoms with Crippen LogP contribution in [0.25, 0.3) is 10.8 Å². The van der Waals surface area contributed by atoms with Gasteiger partial charge in [0.25, 0.3) is 5.56 Å². The molecule has 0 aliphatic heterocycles. The molecule has 0 aliphatic carbocycles. The third-order valence-electron chi connectivity index (χ3n) is 3.59. The molecule has 0 radical (unpaired) electrons. The normalized spacial score (nSPS) is 12.2. The molecular weight excluding hydrogens is 310 g/mol. The smallest absolute Gasteiger partial charge is 0.255 e. The minimum Gasteiger partial charge on any atom is -0.329 e. The lowest BCUT2D eigenvalue weighted by Crippen LogP contribution is -2.32. The first-order valence-corrected chi connectivity index (χ1v) is 8.31. The fourth-order valence-corrected chi connectivity index (χ4v) is 3.18. The van der Waals surface area contributed by atoms with Crippen molar-refractivity contribution in [2.45, 2.75) is 13.0 Å². The largest absolute Gasteiger partial charge is 0.329 e. The number of benzene rings is 1. The predicted octanol–water partition coefficient (Wildman–Crippen LogP) is 2.88. The Labute approximate surface area is 137 Å². The standard InChI is InChI=1S/C17H17N3O2S/c1-2-18-15(12-6-8-23-10-12)17(22)20-13-3-4-14-11(9-13)5-7-19-16(14)21/h3-10,15,18H,2H2,1H3,(H,19,21)(H,20,22). The first-order valence-electron chi connectivity index (χ1n) is 7.37. The van der Waals surface area contributed by atoms with Crippen LogP contribution in [0.3, 0.4) is 0 Å². The van der Waals surface area contributed by atoms with Crippen LogP contribution in [0.15, 0.2) is 52.1 Å². The van der Waals surface area contributed by atoms with E-state index in [-0.39, 0.29) is 17.5 Å². The van der Waals surface area contributed by atoms with Crippen LogP contribution in [-0.2, 0) is 4.79 Å². The van der Waals surface area contributed by atoms with Crippen molar-refractivity contribution in [3.63, 3.8) is 0 Å². The molecule has 2 aromatic heterocycles. The van der Waals surface area contributed by atoms with Gasteiger partial charge in [-0.25, -0.2) is 0 Å². The second-order valence-corrected chi connectivity index (χ2v) is 5.93. The number of fused-ring (bicyclic) bond motifs is 1. The van der Waals surface area contributed by atoms with Crippen LogP contribution in [0.5, 0.6) is 0 Å². The molecule has 0 saturated carbocycles. The second kappa shape index (κ2) is 6.76. The number of aromatic nitrogens is 1. The van der Waals surface area contributed by atoms with Crippen molar-refractivity contribution in [3.8, 4) is 0 Å². The predicted molar refractivity (Wildman–Crippen MR) is 93.9 cm³/mol. The van der Waals surface area contributed by atoms with Crippen LogP contribution in [0.4, 0.5) is 5.69 Å². The Balaban J connectivity index is 1.85. The average molecular weight is 327 g/mol. The van der Waals surface area contributed by atoms with E-state index >= 15 is 0 Å². The van der Waals surface area contributed by atoms with E-state index in [9.17, 15) is 9.59 Å². The van der Waals surface area contributed by atoms with E-state index in [4.69, 9.17) is 0 Å². The summed E-state index contributed by atoms with van der Waals surface area (Å²) in [6.45, 7) is 2.66. The zero-order chi connectivity index (χ0) is 16.2. The summed E-state index contributed by atoms with van der Waals surface area (Å²) in [7, 11) is 0. The SMILES string of the molecule is CCNC(C(=O)Nc1ccc2c(=O)[nH]ccc2c1)c1ccsc1. The molecule has 0 saturated heterocycles. The molecule has 1 aromatic carbocycles. The van der Waals surface area contributed by atoms with Crippen LogP contribution >= 0.6 is 11.3 Å². The maximum Gasteiger partial charge on any atom is 0.255 e. The molecular formula is C17H17N3O2S. The molecule has 0 spiro atoms. The summed E-state index contributed by atoms with van der Waals surface area (Å²) in [6.07, 6.45) is 1.60. The maximum atomic E-state index is 12.6. The van der Waals surface area contributed by atoms with Crippen LogP contribution in [0.1, 0.15) is 18.5 Å². The van der Waals surface area contributed by atoms with Crippen LogP contribution in [0, 0.1) is 0 Å². The molecule has 0 fully saturated rings. The van der Waals surface area contributed by atoms with E-state index in [1.807, 2.05) is 29.8 Å². The van der Waals surface area contributed by atoms with Crippen molar-refractivity contribution in [2.75, 3.05) is 11.9 Å². The lowest BCUT2D eigenvalue weighted by atomic mass is 10.1. The highest BCUT2D eigenvalue weighted by atomic mass is 32.1. The van der Waals surface area contributed by atoms with E-state index in [1.165, 1.54) is 0 Å². The first kappa shape index (κ1) is 15.5. The fourth-order valence-electron chi connectivity index (χ4n) is 2.49. The van der Waals surface area contributed by atoms with Crippen molar-refractivity contribution < 1.29 is 4.79 Å².